The van der Waals surface area contributed by atoms with Crippen molar-refractivity contribution in [3.8, 4) is 5.75 Å². The van der Waals surface area contributed by atoms with Crippen molar-refractivity contribution in [2.45, 2.75) is 36.3 Å². The van der Waals surface area contributed by atoms with E-state index >= 15 is 0 Å². The SMILES string of the molecule is CC(C)Oc1ccc(CNC(=O)Nc2ccc3c(c2)N(C)C(=O)c2ccccc2S3)cc1. The van der Waals surface area contributed by atoms with Crippen LogP contribution in [0.15, 0.2) is 76.5 Å². The Morgan fingerprint density at radius 2 is 1.78 bits per heavy atom. The molecule has 3 aromatic carbocycles. The summed E-state index contributed by atoms with van der Waals surface area (Å²) < 4.78 is 5.64. The molecule has 0 radical (unpaired) electrons. The van der Waals surface area contributed by atoms with Crippen LogP contribution < -0.4 is 20.3 Å². The molecule has 3 aromatic rings. The fourth-order valence-corrected chi connectivity index (χ4v) is 4.49. The van der Waals surface area contributed by atoms with Gasteiger partial charge in [-0.1, -0.05) is 36.0 Å². The number of carbonyl (C=O) groups excluding carboxylic acids is 2. The van der Waals surface area contributed by atoms with Gasteiger partial charge in [0, 0.05) is 29.1 Å². The highest BCUT2D eigenvalue weighted by molar-refractivity contribution is 7.99. The van der Waals surface area contributed by atoms with Gasteiger partial charge in [-0.05, 0) is 61.9 Å². The lowest BCUT2D eigenvalue weighted by Gasteiger charge is -2.18. The van der Waals surface area contributed by atoms with Crippen molar-refractivity contribution in [1.29, 1.82) is 0 Å². The molecule has 6 nitrogen and oxygen atoms in total. The lowest BCUT2D eigenvalue weighted by atomic mass is 10.2. The third-order valence-electron chi connectivity index (χ3n) is 4.97. The van der Waals surface area contributed by atoms with Crippen LogP contribution in [-0.2, 0) is 6.54 Å². The molecule has 0 aromatic heterocycles. The summed E-state index contributed by atoms with van der Waals surface area (Å²) in [6.07, 6.45) is 0.118. The van der Waals surface area contributed by atoms with Crippen LogP contribution in [0.25, 0.3) is 0 Å². The number of rotatable bonds is 5. The second kappa shape index (κ2) is 9.36. The van der Waals surface area contributed by atoms with E-state index in [1.165, 1.54) is 0 Å². The minimum absolute atomic E-state index is 0.0710. The van der Waals surface area contributed by atoms with Crippen LogP contribution in [0.4, 0.5) is 16.2 Å². The van der Waals surface area contributed by atoms with Gasteiger partial charge in [0.2, 0.25) is 0 Å². The first kappa shape index (κ1) is 21.8. The Kier molecular flexibility index (Phi) is 6.37. The summed E-state index contributed by atoms with van der Waals surface area (Å²) >= 11 is 1.55. The summed E-state index contributed by atoms with van der Waals surface area (Å²) in [4.78, 5) is 28.8. The van der Waals surface area contributed by atoms with Gasteiger partial charge in [0.15, 0.2) is 0 Å². The number of carbonyl (C=O) groups is 2. The number of urea groups is 1. The Morgan fingerprint density at radius 1 is 1.03 bits per heavy atom. The Balaban J connectivity index is 1.41. The van der Waals surface area contributed by atoms with Crippen LogP contribution in [0.2, 0.25) is 0 Å². The highest BCUT2D eigenvalue weighted by atomic mass is 32.2. The van der Waals surface area contributed by atoms with Crippen LogP contribution in [0.5, 0.6) is 5.75 Å². The molecular formula is C25H25N3O3S. The molecule has 0 fully saturated rings. The second-order valence-corrected chi connectivity index (χ2v) is 8.85. The monoisotopic (exact) mass is 447 g/mol. The summed E-state index contributed by atoms with van der Waals surface area (Å²) in [5, 5.41) is 5.71. The predicted octanol–water partition coefficient (Wildman–Crippen LogP) is 5.54. The summed E-state index contributed by atoms with van der Waals surface area (Å²) in [6.45, 7) is 4.35. The largest absolute Gasteiger partial charge is 0.491 e. The minimum atomic E-state index is -0.314. The molecule has 2 N–H and O–H groups in total. The zero-order chi connectivity index (χ0) is 22.7. The normalized spacial score (nSPS) is 12.6. The lowest BCUT2D eigenvalue weighted by Crippen LogP contribution is -2.29. The van der Waals surface area contributed by atoms with Crippen LogP contribution >= 0.6 is 11.8 Å². The van der Waals surface area contributed by atoms with Crippen LogP contribution in [-0.4, -0.2) is 25.1 Å². The summed E-state index contributed by atoms with van der Waals surface area (Å²) in [6, 6.07) is 20.5. The standard InChI is InChI=1S/C25H25N3O3S/c1-16(2)31-19-11-8-17(9-12-19)15-26-25(30)27-18-10-13-23-21(14-18)28(3)24(29)20-6-4-5-7-22(20)32-23/h4-14,16H,15H2,1-3H3,(H2,26,27,30). The molecule has 1 aliphatic heterocycles. The topological polar surface area (TPSA) is 70.7 Å². The van der Waals surface area contributed by atoms with Crippen molar-refractivity contribution in [2.24, 2.45) is 0 Å². The van der Waals surface area contributed by atoms with E-state index in [0.29, 0.717) is 17.8 Å². The Bertz CT molecular complexity index is 1150. The number of amides is 3. The molecule has 0 unspecified atom stereocenters. The molecule has 7 heteroatoms. The van der Waals surface area contributed by atoms with Gasteiger partial charge in [0.25, 0.3) is 5.91 Å². The van der Waals surface area contributed by atoms with Gasteiger partial charge in [-0.3, -0.25) is 4.79 Å². The number of fused-ring (bicyclic) bond motifs is 2. The molecule has 3 amide bonds. The average Bonchev–Trinajstić information content (AvgIpc) is 2.88. The summed E-state index contributed by atoms with van der Waals surface area (Å²) in [7, 11) is 1.75. The average molecular weight is 448 g/mol. The number of benzene rings is 3. The first-order chi connectivity index (χ1) is 15.4. The molecule has 32 heavy (non-hydrogen) atoms. The van der Waals surface area contributed by atoms with Gasteiger partial charge in [-0.15, -0.1) is 0 Å². The molecule has 0 spiro atoms. The number of ether oxygens (including phenoxy) is 1. The maximum absolute atomic E-state index is 12.9. The molecule has 0 bridgehead atoms. The number of hydrogen-bond acceptors (Lipinski definition) is 4. The van der Waals surface area contributed by atoms with E-state index in [-0.39, 0.29) is 18.0 Å². The quantitative estimate of drug-likeness (QED) is 0.539. The molecule has 1 aliphatic rings. The molecule has 0 aliphatic carbocycles. The first-order valence-corrected chi connectivity index (χ1v) is 11.2. The van der Waals surface area contributed by atoms with Crippen molar-refractivity contribution < 1.29 is 14.3 Å². The number of nitrogens with zero attached hydrogens (tertiary/aromatic N) is 1. The van der Waals surface area contributed by atoms with Crippen molar-refractivity contribution in [1.82, 2.24) is 5.32 Å². The third kappa shape index (κ3) is 4.89. The van der Waals surface area contributed by atoms with Gasteiger partial charge in [-0.2, -0.15) is 0 Å². The Morgan fingerprint density at radius 3 is 2.53 bits per heavy atom. The zero-order valence-corrected chi connectivity index (χ0v) is 19.0. The van der Waals surface area contributed by atoms with Crippen molar-refractivity contribution in [3.05, 3.63) is 77.9 Å². The summed E-state index contributed by atoms with van der Waals surface area (Å²) in [5.41, 5.74) is 3.02. The highest BCUT2D eigenvalue weighted by Gasteiger charge is 2.24. The number of anilines is 2. The van der Waals surface area contributed by atoms with Gasteiger partial charge in [0.05, 0.1) is 17.4 Å². The predicted molar refractivity (Wildman–Crippen MR) is 128 cm³/mol. The van der Waals surface area contributed by atoms with E-state index in [1.54, 1.807) is 23.7 Å². The van der Waals surface area contributed by atoms with E-state index in [2.05, 4.69) is 10.6 Å². The second-order valence-electron chi connectivity index (χ2n) is 7.76. The maximum Gasteiger partial charge on any atom is 0.319 e. The highest BCUT2D eigenvalue weighted by Crippen LogP contribution is 2.41. The number of nitrogens with one attached hydrogen (secondary N) is 2. The molecule has 0 atom stereocenters. The van der Waals surface area contributed by atoms with Crippen LogP contribution in [0.1, 0.15) is 29.8 Å². The van der Waals surface area contributed by atoms with Crippen LogP contribution in [0.3, 0.4) is 0 Å². The molecule has 4 rings (SSSR count). The van der Waals surface area contributed by atoms with E-state index in [1.807, 2.05) is 80.6 Å². The zero-order valence-electron chi connectivity index (χ0n) is 18.2. The first-order valence-electron chi connectivity index (χ1n) is 10.4. The molecule has 0 saturated heterocycles. The molecule has 0 saturated carbocycles. The fraction of sp³-hybridized carbons (Fsp3) is 0.200. The minimum Gasteiger partial charge on any atom is -0.491 e. The number of hydrogen-bond donors (Lipinski definition) is 2. The Labute approximate surface area is 192 Å². The smallest absolute Gasteiger partial charge is 0.319 e. The van der Waals surface area contributed by atoms with Crippen molar-refractivity contribution in [3.63, 3.8) is 0 Å². The maximum atomic E-state index is 12.9. The third-order valence-corrected chi connectivity index (χ3v) is 6.11. The van der Waals surface area contributed by atoms with Gasteiger partial charge < -0.3 is 20.3 Å². The van der Waals surface area contributed by atoms with Crippen molar-refractivity contribution >= 4 is 35.1 Å². The lowest BCUT2D eigenvalue weighted by molar-refractivity contribution is 0.0990. The van der Waals surface area contributed by atoms with Gasteiger partial charge in [-0.25, -0.2) is 4.79 Å². The van der Waals surface area contributed by atoms with Gasteiger partial charge >= 0.3 is 6.03 Å². The molecule has 1 heterocycles. The van der Waals surface area contributed by atoms with E-state index in [9.17, 15) is 9.59 Å². The summed E-state index contributed by atoms with van der Waals surface area (Å²) in [5.74, 6) is 0.732. The fourth-order valence-electron chi connectivity index (χ4n) is 3.40. The van der Waals surface area contributed by atoms with Crippen molar-refractivity contribution in [2.75, 3.05) is 17.3 Å². The Hall–Kier alpha value is -3.45. The van der Waals surface area contributed by atoms with E-state index < -0.39 is 0 Å². The van der Waals surface area contributed by atoms with E-state index in [4.69, 9.17) is 4.74 Å². The van der Waals surface area contributed by atoms with Gasteiger partial charge in [0.1, 0.15) is 5.75 Å². The van der Waals surface area contributed by atoms with E-state index in [0.717, 1.165) is 26.8 Å². The van der Waals surface area contributed by atoms with Crippen LogP contribution in [0, 0.1) is 0 Å². The molecular weight excluding hydrogens is 422 g/mol. The molecule has 164 valence electrons.